The largest absolute Gasteiger partial charge is 0.389 e. The van der Waals surface area contributed by atoms with Crippen LogP contribution in [0.2, 0.25) is 5.02 Å². The molecule has 1 fully saturated rings. The van der Waals surface area contributed by atoms with Crippen LogP contribution in [0.1, 0.15) is 25.3 Å². The van der Waals surface area contributed by atoms with Crippen molar-refractivity contribution in [3.63, 3.8) is 0 Å². The molecule has 1 heterocycles. The number of likely N-dealkylation sites (tertiary alicyclic amines) is 1. The predicted octanol–water partition coefficient (Wildman–Crippen LogP) is 2.87. The summed E-state index contributed by atoms with van der Waals surface area (Å²) < 4.78 is 13.7. The van der Waals surface area contributed by atoms with Crippen molar-refractivity contribution in [2.45, 2.75) is 37.8 Å². The molecule has 0 aliphatic carbocycles. The van der Waals surface area contributed by atoms with Crippen LogP contribution in [0.25, 0.3) is 0 Å². The Bertz CT molecular complexity index is 440. The third-order valence-electron chi connectivity index (χ3n) is 3.89. The number of rotatable bonds is 2. The maximum Gasteiger partial charge on any atom is 0.127 e. The lowest BCUT2D eigenvalue weighted by Crippen LogP contribution is -2.48. The highest BCUT2D eigenvalue weighted by Gasteiger charge is 2.35. The molecule has 1 aliphatic heterocycles. The van der Waals surface area contributed by atoms with E-state index >= 15 is 0 Å². The molecule has 4 heteroatoms. The van der Waals surface area contributed by atoms with E-state index in [-0.39, 0.29) is 5.82 Å². The van der Waals surface area contributed by atoms with Gasteiger partial charge in [-0.2, -0.15) is 0 Å². The normalized spacial score (nSPS) is 29.5. The minimum absolute atomic E-state index is 0.319. The topological polar surface area (TPSA) is 23.5 Å². The van der Waals surface area contributed by atoms with E-state index < -0.39 is 5.60 Å². The van der Waals surface area contributed by atoms with Crippen molar-refractivity contribution < 1.29 is 9.50 Å². The number of benzene rings is 1. The van der Waals surface area contributed by atoms with Crippen molar-refractivity contribution in [1.82, 2.24) is 4.90 Å². The van der Waals surface area contributed by atoms with E-state index in [0.29, 0.717) is 35.9 Å². The number of piperidine rings is 1. The number of aliphatic hydroxyl groups is 1. The van der Waals surface area contributed by atoms with Crippen LogP contribution < -0.4 is 0 Å². The van der Waals surface area contributed by atoms with Crippen LogP contribution in [0.15, 0.2) is 18.2 Å². The Labute approximate surface area is 112 Å². The molecule has 2 rings (SSSR count). The van der Waals surface area contributed by atoms with Gasteiger partial charge in [0.1, 0.15) is 5.82 Å². The quantitative estimate of drug-likeness (QED) is 0.894. The average molecular weight is 272 g/mol. The first-order chi connectivity index (χ1) is 8.39. The van der Waals surface area contributed by atoms with Gasteiger partial charge in [-0.25, -0.2) is 4.39 Å². The Balaban J connectivity index is 2.13. The molecule has 0 spiro atoms. The lowest BCUT2D eigenvalue weighted by Gasteiger charge is -2.41. The molecule has 2 nitrogen and oxygen atoms in total. The molecule has 0 saturated carbocycles. The molecule has 1 aromatic carbocycles. The summed E-state index contributed by atoms with van der Waals surface area (Å²) in [6.45, 7) is 2.93. The van der Waals surface area contributed by atoms with Crippen LogP contribution in [0.5, 0.6) is 0 Å². The Hall–Kier alpha value is -0.640. The van der Waals surface area contributed by atoms with E-state index in [0.717, 1.165) is 6.54 Å². The monoisotopic (exact) mass is 271 g/mol. The van der Waals surface area contributed by atoms with Gasteiger partial charge >= 0.3 is 0 Å². The molecule has 2 atom stereocenters. The fraction of sp³-hybridized carbons (Fsp3) is 0.571. The van der Waals surface area contributed by atoms with Gasteiger partial charge in [0.25, 0.3) is 0 Å². The maximum absolute atomic E-state index is 13.7. The zero-order valence-electron chi connectivity index (χ0n) is 10.8. The van der Waals surface area contributed by atoms with Crippen LogP contribution in [-0.4, -0.2) is 35.2 Å². The smallest absolute Gasteiger partial charge is 0.127 e. The lowest BCUT2D eigenvalue weighted by atomic mass is 9.82. The summed E-state index contributed by atoms with van der Waals surface area (Å²) in [6, 6.07) is 4.96. The third-order valence-corrected chi connectivity index (χ3v) is 4.13. The fourth-order valence-electron chi connectivity index (χ4n) is 2.59. The summed E-state index contributed by atoms with van der Waals surface area (Å²) in [5, 5.41) is 11.0. The van der Waals surface area contributed by atoms with Gasteiger partial charge in [0, 0.05) is 24.0 Å². The van der Waals surface area contributed by atoms with Crippen molar-refractivity contribution in [3.05, 3.63) is 34.6 Å². The van der Waals surface area contributed by atoms with Gasteiger partial charge in [-0.05, 0) is 44.5 Å². The summed E-state index contributed by atoms with van der Waals surface area (Å²) in [4.78, 5) is 2.21. The molecule has 1 aromatic rings. The number of halogens is 2. The van der Waals surface area contributed by atoms with Gasteiger partial charge in [0.2, 0.25) is 0 Å². The van der Waals surface area contributed by atoms with E-state index in [9.17, 15) is 9.50 Å². The highest BCUT2D eigenvalue weighted by Crippen LogP contribution is 2.30. The zero-order valence-corrected chi connectivity index (χ0v) is 11.5. The summed E-state index contributed by atoms with van der Waals surface area (Å²) in [5.74, 6) is -0.331. The van der Waals surface area contributed by atoms with Crippen molar-refractivity contribution in [3.8, 4) is 0 Å². The second-order valence-electron chi connectivity index (χ2n) is 5.42. The van der Waals surface area contributed by atoms with Gasteiger partial charge < -0.3 is 10.0 Å². The molecule has 1 N–H and O–H groups in total. The van der Waals surface area contributed by atoms with Crippen molar-refractivity contribution in [2.75, 3.05) is 13.6 Å². The molecule has 0 bridgehead atoms. The first kappa shape index (κ1) is 13.8. The molecule has 0 radical (unpaired) electrons. The highest BCUT2D eigenvalue weighted by molar-refractivity contribution is 6.30. The van der Waals surface area contributed by atoms with Crippen molar-refractivity contribution in [2.24, 2.45) is 0 Å². The Morgan fingerprint density at radius 1 is 1.56 bits per heavy atom. The molecule has 1 saturated heterocycles. The van der Waals surface area contributed by atoms with Gasteiger partial charge in [-0.3, -0.25) is 0 Å². The molecule has 100 valence electrons. The van der Waals surface area contributed by atoms with Crippen LogP contribution in [0.3, 0.4) is 0 Å². The summed E-state index contributed by atoms with van der Waals surface area (Å²) >= 11 is 5.73. The van der Waals surface area contributed by atoms with Gasteiger partial charge in [-0.15, -0.1) is 0 Å². The molecular formula is C14H19ClFNO. The maximum atomic E-state index is 13.7. The molecular weight excluding hydrogens is 253 g/mol. The molecule has 18 heavy (non-hydrogen) atoms. The summed E-state index contributed by atoms with van der Waals surface area (Å²) in [7, 11) is 2.05. The number of hydrogen-bond acceptors (Lipinski definition) is 2. The van der Waals surface area contributed by atoms with Crippen LogP contribution in [-0.2, 0) is 6.42 Å². The summed E-state index contributed by atoms with van der Waals surface area (Å²) in [5.41, 5.74) is -0.265. The number of hydrogen-bond donors (Lipinski definition) is 1. The van der Waals surface area contributed by atoms with Gasteiger partial charge in [0.05, 0.1) is 5.60 Å². The fourth-order valence-corrected chi connectivity index (χ4v) is 2.75. The van der Waals surface area contributed by atoms with E-state index in [2.05, 4.69) is 11.8 Å². The van der Waals surface area contributed by atoms with Gasteiger partial charge in [-0.1, -0.05) is 17.7 Å². The highest BCUT2D eigenvalue weighted by atomic mass is 35.5. The van der Waals surface area contributed by atoms with E-state index in [1.54, 1.807) is 12.1 Å². The molecule has 0 amide bonds. The van der Waals surface area contributed by atoms with Crippen molar-refractivity contribution in [1.29, 1.82) is 0 Å². The second kappa shape index (κ2) is 5.16. The van der Waals surface area contributed by atoms with Crippen LogP contribution in [0.4, 0.5) is 4.39 Å². The minimum Gasteiger partial charge on any atom is -0.389 e. The predicted molar refractivity (Wildman–Crippen MR) is 71.4 cm³/mol. The SMILES string of the molecule is CC1CC(O)(Cc2ccc(Cl)cc2F)CCN1C. The van der Waals surface area contributed by atoms with E-state index in [1.165, 1.54) is 6.07 Å². The number of nitrogens with zero attached hydrogens (tertiary/aromatic N) is 1. The average Bonchev–Trinajstić information content (AvgIpc) is 2.28. The first-order valence-electron chi connectivity index (χ1n) is 6.26. The summed E-state index contributed by atoms with van der Waals surface area (Å²) in [6.07, 6.45) is 1.70. The minimum atomic E-state index is -0.805. The zero-order chi connectivity index (χ0) is 13.3. The third kappa shape index (κ3) is 3.02. The van der Waals surface area contributed by atoms with E-state index in [1.807, 2.05) is 7.05 Å². The lowest BCUT2D eigenvalue weighted by molar-refractivity contribution is -0.0358. The Morgan fingerprint density at radius 3 is 2.89 bits per heavy atom. The molecule has 0 aromatic heterocycles. The molecule has 2 unspecified atom stereocenters. The Morgan fingerprint density at radius 2 is 2.28 bits per heavy atom. The van der Waals surface area contributed by atoms with Gasteiger partial charge in [0.15, 0.2) is 0 Å². The van der Waals surface area contributed by atoms with Crippen molar-refractivity contribution >= 4 is 11.6 Å². The standard InChI is InChI=1S/C14H19ClFNO/c1-10-8-14(18,5-6-17(10)2)9-11-3-4-12(15)7-13(11)16/h3-4,7,10,18H,5-6,8-9H2,1-2H3. The van der Waals surface area contributed by atoms with Crippen LogP contribution in [0, 0.1) is 5.82 Å². The second-order valence-corrected chi connectivity index (χ2v) is 5.86. The van der Waals surface area contributed by atoms with Crippen LogP contribution >= 0.6 is 11.6 Å². The van der Waals surface area contributed by atoms with E-state index in [4.69, 9.17) is 11.6 Å². The first-order valence-corrected chi connectivity index (χ1v) is 6.64. The molecule has 1 aliphatic rings. The Kier molecular flexibility index (Phi) is 3.95.